The van der Waals surface area contributed by atoms with Gasteiger partial charge in [0, 0.05) is 35.1 Å². The Bertz CT molecular complexity index is 2480. The van der Waals surface area contributed by atoms with Crippen molar-refractivity contribution in [3.63, 3.8) is 0 Å². The lowest BCUT2D eigenvalue weighted by atomic mass is 10.0. The standard InChI is InChI=1S/C58H65FO12/c1-39(2)55(60)67-33-11-10-32-66-54-29-22-45(38-53(54)59)44-20-27-49(28-21-44)69-51(15-12-34-68-56(61)40(3)4)36-46-37-52(71-58(46)63)14-7-9-31-65-48-25-18-43(19-26-48)42-16-23-47(24-17-42)64-30-8-6-13-50-35-41(5)57(62)70-50/h16-29,36,38,50-52H,1,3,5-15,30-35,37H2,2,4H3/b46-36+. The summed E-state index contributed by atoms with van der Waals surface area (Å²) in [7, 11) is 0. The van der Waals surface area contributed by atoms with Gasteiger partial charge < -0.3 is 37.9 Å². The summed E-state index contributed by atoms with van der Waals surface area (Å²) in [6, 6.07) is 28.0. The molecule has 2 aliphatic heterocycles. The Kier molecular flexibility index (Phi) is 20.5. The molecule has 0 aromatic heterocycles. The monoisotopic (exact) mass is 972 g/mol. The predicted octanol–water partition coefficient (Wildman–Crippen LogP) is 12.0. The highest BCUT2D eigenvalue weighted by molar-refractivity contribution is 5.91. The minimum absolute atomic E-state index is 0.0583. The van der Waals surface area contributed by atoms with Crippen molar-refractivity contribution in [1.82, 2.24) is 0 Å². The van der Waals surface area contributed by atoms with Gasteiger partial charge in [-0.3, -0.25) is 0 Å². The summed E-state index contributed by atoms with van der Waals surface area (Å²) in [5.41, 5.74) is 5.29. The number of unbranched alkanes of at least 4 members (excludes halogenated alkanes) is 3. The fourth-order valence-electron chi connectivity index (χ4n) is 7.85. The van der Waals surface area contributed by atoms with E-state index >= 15 is 4.39 Å². The van der Waals surface area contributed by atoms with Crippen molar-refractivity contribution in [1.29, 1.82) is 0 Å². The first-order chi connectivity index (χ1) is 34.3. The van der Waals surface area contributed by atoms with Crippen molar-refractivity contribution in [2.24, 2.45) is 0 Å². The van der Waals surface area contributed by atoms with Gasteiger partial charge in [-0.05, 0) is 155 Å². The highest BCUT2D eigenvalue weighted by Gasteiger charge is 2.30. The second-order valence-electron chi connectivity index (χ2n) is 17.9. The smallest absolute Gasteiger partial charge is 0.334 e. The minimum Gasteiger partial charge on any atom is -0.494 e. The second kappa shape index (κ2) is 27.3. The number of rotatable bonds is 29. The molecule has 0 N–H and O–H groups in total. The Morgan fingerprint density at radius 1 is 0.606 bits per heavy atom. The number of benzene rings is 4. The molecule has 2 saturated heterocycles. The molecule has 13 heteroatoms. The largest absolute Gasteiger partial charge is 0.494 e. The molecule has 0 aliphatic carbocycles. The zero-order valence-electron chi connectivity index (χ0n) is 40.9. The Morgan fingerprint density at radius 3 is 1.61 bits per heavy atom. The molecule has 3 unspecified atom stereocenters. The predicted molar refractivity (Wildman–Crippen MR) is 269 cm³/mol. The highest BCUT2D eigenvalue weighted by atomic mass is 19.1. The molecule has 6 rings (SSSR count). The Balaban J connectivity index is 0.921. The van der Waals surface area contributed by atoms with Gasteiger partial charge in [0.2, 0.25) is 0 Å². The van der Waals surface area contributed by atoms with Crippen LogP contribution in [0, 0.1) is 5.82 Å². The van der Waals surface area contributed by atoms with Crippen molar-refractivity contribution < 1.29 is 61.5 Å². The summed E-state index contributed by atoms with van der Waals surface area (Å²) in [6.45, 7) is 15.9. The van der Waals surface area contributed by atoms with E-state index in [1.807, 2.05) is 60.7 Å². The summed E-state index contributed by atoms with van der Waals surface area (Å²) in [6.07, 6.45) is 9.00. The van der Waals surface area contributed by atoms with Crippen molar-refractivity contribution in [3.8, 4) is 45.3 Å². The summed E-state index contributed by atoms with van der Waals surface area (Å²) in [4.78, 5) is 48.1. The van der Waals surface area contributed by atoms with Gasteiger partial charge in [0.05, 0.1) is 33.0 Å². The van der Waals surface area contributed by atoms with Gasteiger partial charge in [-0.25, -0.2) is 23.6 Å². The number of hydrogen-bond donors (Lipinski definition) is 0. The molecule has 0 spiro atoms. The molecular formula is C58H65FO12. The maximum atomic E-state index is 15.0. The molecule has 71 heavy (non-hydrogen) atoms. The third-order valence-corrected chi connectivity index (χ3v) is 11.8. The van der Waals surface area contributed by atoms with Crippen molar-refractivity contribution in [2.45, 2.75) is 109 Å². The van der Waals surface area contributed by atoms with Crippen molar-refractivity contribution in [2.75, 3.05) is 33.0 Å². The summed E-state index contributed by atoms with van der Waals surface area (Å²) < 4.78 is 60.4. The van der Waals surface area contributed by atoms with Crippen LogP contribution in [-0.2, 0) is 38.1 Å². The van der Waals surface area contributed by atoms with Crippen LogP contribution in [0.15, 0.2) is 139 Å². The Labute approximate surface area is 416 Å². The molecule has 12 nitrogen and oxygen atoms in total. The number of hydrogen-bond acceptors (Lipinski definition) is 12. The SMILES string of the molecule is C=C(C)C(=O)OCCCCOc1ccc(-c2ccc(OC(/C=C3\CC(CCCCOc4ccc(-c5ccc(OCCCCC6CC(=C)C(=O)O6)cc5)cc4)OC3=O)CCCOC(=O)C(=C)C)cc2)cc1F. The zero-order chi connectivity index (χ0) is 50.5. The lowest BCUT2D eigenvalue weighted by Gasteiger charge is -2.17. The van der Waals surface area contributed by atoms with Crippen LogP contribution in [0.5, 0.6) is 23.0 Å². The fourth-order valence-corrected chi connectivity index (χ4v) is 7.85. The minimum atomic E-state index is -0.522. The van der Waals surface area contributed by atoms with E-state index in [2.05, 4.69) is 19.7 Å². The van der Waals surface area contributed by atoms with E-state index in [1.54, 1.807) is 44.2 Å². The Hall–Kier alpha value is -7.15. The van der Waals surface area contributed by atoms with Gasteiger partial charge in [-0.1, -0.05) is 62.2 Å². The molecule has 0 saturated carbocycles. The molecule has 2 fully saturated rings. The molecule has 2 aliphatic rings. The first-order valence-electron chi connectivity index (χ1n) is 24.4. The average Bonchev–Trinajstić information content (AvgIpc) is 3.88. The van der Waals surface area contributed by atoms with Crippen LogP contribution in [0.4, 0.5) is 4.39 Å². The van der Waals surface area contributed by atoms with Crippen molar-refractivity contribution >= 4 is 23.9 Å². The van der Waals surface area contributed by atoms with Crippen LogP contribution in [0.1, 0.15) is 90.9 Å². The average molecular weight is 973 g/mol. The summed E-state index contributed by atoms with van der Waals surface area (Å²) in [5.74, 6) is 0.200. The number of esters is 4. The van der Waals surface area contributed by atoms with Gasteiger partial charge in [0.15, 0.2) is 11.6 Å². The van der Waals surface area contributed by atoms with E-state index in [0.29, 0.717) is 91.8 Å². The van der Waals surface area contributed by atoms with Crippen LogP contribution in [0.3, 0.4) is 0 Å². The first-order valence-corrected chi connectivity index (χ1v) is 24.4. The van der Waals surface area contributed by atoms with Crippen molar-refractivity contribution in [3.05, 3.63) is 145 Å². The van der Waals surface area contributed by atoms with Gasteiger partial charge >= 0.3 is 23.9 Å². The lowest BCUT2D eigenvalue weighted by molar-refractivity contribution is -0.140. The van der Waals surface area contributed by atoms with Crippen LogP contribution < -0.4 is 18.9 Å². The Morgan fingerprint density at radius 2 is 1.07 bits per heavy atom. The molecule has 0 bridgehead atoms. The second-order valence-corrected chi connectivity index (χ2v) is 17.9. The number of halogens is 1. The number of carbonyl (C=O) groups excluding carboxylic acids is 4. The lowest BCUT2D eigenvalue weighted by Crippen LogP contribution is -2.17. The number of carbonyl (C=O) groups is 4. The number of cyclic esters (lactones) is 2. The van der Waals surface area contributed by atoms with E-state index in [1.165, 1.54) is 6.07 Å². The van der Waals surface area contributed by atoms with Crippen LogP contribution in [-0.4, -0.2) is 75.2 Å². The molecule has 376 valence electrons. The van der Waals surface area contributed by atoms with Gasteiger partial charge in [-0.2, -0.15) is 0 Å². The quantitative estimate of drug-likeness (QED) is 0.0221. The summed E-state index contributed by atoms with van der Waals surface area (Å²) in [5, 5.41) is 0. The van der Waals surface area contributed by atoms with Gasteiger partial charge in [0.25, 0.3) is 0 Å². The van der Waals surface area contributed by atoms with E-state index in [0.717, 1.165) is 60.3 Å². The maximum absolute atomic E-state index is 15.0. The normalized spacial score (nSPS) is 16.2. The topological polar surface area (TPSA) is 142 Å². The maximum Gasteiger partial charge on any atom is 0.334 e. The van der Waals surface area contributed by atoms with Crippen LogP contribution >= 0.6 is 0 Å². The third-order valence-electron chi connectivity index (χ3n) is 11.8. The molecular weight excluding hydrogens is 908 g/mol. The molecule has 0 radical (unpaired) electrons. The van der Waals surface area contributed by atoms with E-state index in [9.17, 15) is 19.2 Å². The molecule has 3 atom stereocenters. The molecule has 4 aromatic carbocycles. The molecule has 0 amide bonds. The van der Waals surface area contributed by atoms with Crippen LogP contribution in [0.2, 0.25) is 0 Å². The third kappa shape index (κ3) is 17.3. The zero-order valence-corrected chi connectivity index (χ0v) is 40.9. The van der Waals surface area contributed by atoms with E-state index in [4.69, 9.17) is 37.9 Å². The molecule has 4 aromatic rings. The number of ether oxygens (including phenoxy) is 8. The van der Waals surface area contributed by atoms with Crippen LogP contribution in [0.25, 0.3) is 22.3 Å². The summed E-state index contributed by atoms with van der Waals surface area (Å²) >= 11 is 0. The van der Waals surface area contributed by atoms with E-state index in [-0.39, 0.29) is 49.7 Å². The van der Waals surface area contributed by atoms with Gasteiger partial charge in [-0.15, -0.1) is 0 Å². The fraction of sp³-hybridized carbons (Fsp3) is 0.379. The van der Waals surface area contributed by atoms with E-state index < -0.39 is 23.9 Å². The highest BCUT2D eigenvalue weighted by Crippen LogP contribution is 2.31. The molecule has 2 heterocycles. The van der Waals surface area contributed by atoms with Gasteiger partial charge in [0.1, 0.15) is 35.6 Å². The first kappa shape index (κ1) is 53.2.